The van der Waals surface area contributed by atoms with Gasteiger partial charge in [0.05, 0.1) is 0 Å². The Balaban J connectivity index is 3.17. The number of rotatable bonds is 1. The molecular formula is C13H23NO3S. The van der Waals surface area contributed by atoms with Gasteiger partial charge in [0, 0.05) is 11.7 Å². The van der Waals surface area contributed by atoms with Crippen LogP contribution in [0.15, 0.2) is 11.6 Å². The maximum Gasteiger partial charge on any atom is 0.222 e. The summed E-state index contributed by atoms with van der Waals surface area (Å²) in [4.78, 5) is 13.1. The highest BCUT2D eigenvalue weighted by Crippen LogP contribution is 2.39. The molecule has 1 aliphatic rings. The summed E-state index contributed by atoms with van der Waals surface area (Å²) in [5.74, 6) is -0.239. The highest BCUT2D eigenvalue weighted by Gasteiger charge is 2.44. The highest BCUT2D eigenvalue weighted by atomic mass is 32.2. The molecule has 0 aromatic heterocycles. The van der Waals surface area contributed by atoms with Gasteiger partial charge < -0.3 is 10.2 Å². The Labute approximate surface area is 113 Å². The summed E-state index contributed by atoms with van der Waals surface area (Å²) in [6.07, 6.45) is 0.430. The monoisotopic (exact) mass is 273 g/mol. The normalized spacial score (nSPS) is 33.3. The lowest BCUT2D eigenvalue weighted by molar-refractivity contribution is -0.160. The van der Waals surface area contributed by atoms with Crippen LogP contribution in [0.25, 0.3) is 0 Å². The van der Waals surface area contributed by atoms with E-state index in [4.69, 9.17) is 0 Å². The lowest BCUT2D eigenvalue weighted by Crippen LogP contribution is -2.59. The topological polar surface area (TPSA) is 60.8 Å². The molecule has 1 aliphatic heterocycles. The summed E-state index contributed by atoms with van der Waals surface area (Å²) in [5, 5.41) is 20.0. The number of nitrogens with zero attached hydrogens (tertiary/aromatic N) is 1. The van der Waals surface area contributed by atoms with Crippen LogP contribution in [-0.2, 0) is 4.79 Å². The van der Waals surface area contributed by atoms with Gasteiger partial charge in [-0.3, -0.25) is 9.69 Å². The van der Waals surface area contributed by atoms with Crippen molar-refractivity contribution in [1.29, 1.82) is 0 Å². The molecule has 18 heavy (non-hydrogen) atoms. The molecule has 0 saturated carbocycles. The first kappa shape index (κ1) is 15.5. The number of amides is 1. The van der Waals surface area contributed by atoms with Crippen LogP contribution in [0, 0.1) is 0 Å². The number of thioether (sulfide) groups is 1. The molecule has 0 saturated heterocycles. The first-order valence-electron chi connectivity index (χ1n) is 6.02. The molecule has 1 rings (SSSR count). The van der Waals surface area contributed by atoms with Crippen molar-refractivity contribution in [3.8, 4) is 0 Å². The summed E-state index contributed by atoms with van der Waals surface area (Å²) >= 11 is 1.59. The Hall–Kier alpha value is -0.520. The third-order valence-electron chi connectivity index (χ3n) is 2.78. The van der Waals surface area contributed by atoms with Crippen molar-refractivity contribution in [2.24, 2.45) is 0 Å². The summed E-state index contributed by atoms with van der Waals surface area (Å²) in [5.41, 5.74) is -0.509. The van der Waals surface area contributed by atoms with Crippen LogP contribution in [-0.4, -0.2) is 43.0 Å². The van der Waals surface area contributed by atoms with E-state index in [1.165, 1.54) is 18.7 Å². The van der Waals surface area contributed by atoms with Crippen molar-refractivity contribution in [2.45, 2.75) is 63.5 Å². The predicted molar refractivity (Wildman–Crippen MR) is 74.0 cm³/mol. The van der Waals surface area contributed by atoms with E-state index in [0.717, 1.165) is 5.57 Å². The Morgan fingerprint density at radius 3 is 2.39 bits per heavy atom. The fraction of sp³-hybridized carbons (Fsp3) is 0.769. The number of aliphatic hydroxyl groups is 2. The van der Waals surface area contributed by atoms with E-state index in [0.29, 0.717) is 0 Å². The Kier molecular flexibility index (Phi) is 4.20. The molecule has 2 N–H and O–H groups in total. The quantitative estimate of drug-likeness (QED) is 0.714. The number of carbonyl (C=O) groups excluding carboxylic acids is 1. The van der Waals surface area contributed by atoms with Crippen molar-refractivity contribution >= 4 is 17.7 Å². The largest absolute Gasteiger partial charge is 0.381 e. The molecule has 0 aromatic rings. The molecule has 0 bridgehead atoms. The van der Waals surface area contributed by atoms with Gasteiger partial charge >= 0.3 is 0 Å². The molecule has 3 atom stereocenters. The van der Waals surface area contributed by atoms with Gasteiger partial charge in [-0.15, -0.1) is 11.8 Å². The molecule has 0 aromatic carbocycles. The molecule has 104 valence electrons. The van der Waals surface area contributed by atoms with Gasteiger partial charge in [-0.1, -0.05) is 20.8 Å². The lowest BCUT2D eigenvalue weighted by atomic mass is 9.95. The molecule has 0 spiro atoms. The van der Waals surface area contributed by atoms with Crippen LogP contribution in [0.2, 0.25) is 0 Å². The fourth-order valence-corrected chi connectivity index (χ4v) is 3.36. The minimum Gasteiger partial charge on any atom is -0.381 e. The zero-order valence-corrected chi connectivity index (χ0v) is 12.7. The van der Waals surface area contributed by atoms with Crippen molar-refractivity contribution in [3.05, 3.63) is 11.6 Å². The number of carbonyl (C=O) groups is 1. The highest BCUT2D eigenvalue weighted by molar-refractivity contribution is 8.01. The zero-order valence-electron chi connectivity index (χ0n) is 11.9. The van der Waals surface area contributed by atoms with E-state index in [1.54, 1.807) is 17.8 Å². The van der Waals surface area contributed by atoms with Crippen molar-refractivity contribution < 1.29 is 15.0 Å². The van der Waals surface area contributed by atoms with E-state index >= 15 is 0 Å². The Morgan fingerprint density at radius 2 is 2.00 bits per heavy atom. The van der Waals surface area contributed by atoms with Gasteiger partial charge in [0.1, 0.15) is 11.0 Å². The van der Waals surface area contributed by atoms with Crippen molar-refractivity contribution in [1.82, 2.24) is 4.90 Å². The molecular weight excluding hydrogens is 250 g/mol. The van der Waals surface area contributed by atoms with Gasteiger partial charge in [0.2, 0.25) is 5.91 Å². The minimum absolute atomic E-state index is 0.0453. The number of hydrogen-bond acceptors (Lipinski definition) is 4. The average Bonchev–Trinajstić information content (AvgIpc) is 2.11. The third kappa shape index (κ3) is 3.28. The molecule has 1 amide bonds. The lowest BCUT2D eigenvalue weighted by Gasteiger charge is -2.46. The second-order valence-electron chi connectivity index (χ2n) is 6.00. The van der Waals surface area contributed by atoms with Gasteiger partial charge in [0.15, 0.2) is 6.23 Å². The SMILES string of the molecule is CC(=O)N1C(SC(C)(C)C)C(C)=CC(C)(O)C1O. The third-order valence-corrected chi connectivity index (χ3v) is 4.31. The Bertz CT molecular complexity index is 371. The van der Waals surface area contributed by atoms with E-state index in [1.807, 2.05) is 6.92 Å². The summed E-state index contributed by atoms with van der Waals surface area (Å²) in [6.45, 7) is 11.0. The molecule has 5 heteroatoms. The predicted octanol–water partition coefficient (Wildman–Crippen LogP) is 1.72. The molecule has 0 aliphatic carbocycles. The second kappa shape index (κ2) is 4.87. The van der Waals surface area contributed by atoms with E-state index in [9.17, 15) is 15.0 Å². The van der Waals surface area contributed by atoms with Crippen LogP contribution in [0.4, 0.5) is 0 Å². The van der Waals surface area contributed by atoms with Gasteiger partial charge in [-0.05, 0) is 25.5 Å². The van der Waals surface area contributed by atoms with Crippen LogP contribution in [0.3, 0.4) is 0 Å². The van der Waals surface area contributed by atoms with Crippen LogP contribution >= 0.6 is 11.8 Å². The maximum atomic E-state index is 11.8. The summed E-state index contributed by atoms with van der Waals surface area (Å²) in [7, 11) is 0. The summed E-state index contributed by atoms with van der Waals surface area (Å²) < 4.78 is -0.0453. The fourth-order valence-electron chi connectivity index (χ4n) is 2.06. The van der Waals surface area contributed by atoms with E-state index in [-0.39, 0.29) is 16.0 Å². The molecule has 3 unspecified atom stereocenters. The number of aliphatic hydroxyl groups excluding tert-OH is 1. The molecule has 0 radical (unpaired) electrons. The van der Waals surface area contributed by atoms with E-state index < -0.39 is 11.8 Å². The van der Waals surface area contributed by atoms with Gasteiger partial charge in [0.25, 0.3) is 0 Å². The van der Waals surface area contributed by atoms with Crippen LogP contribution in [0.5, 0.6) is 0 Å². The smallest absolute Gasteiger partial charge is 0.222 e. The summed E-state index contributed by atoms with van der Waals surface area (Å²) in [6, 6.07) is 0. The van der Waals surface area contributed by atoms with E-state index in [2.05, 4.69) is 20.8 Å². The molecule has 4 nitrogen and oxygen atoms in total. The molecule has 0 fully saturated rings. The standard InChI is InChI=1S/C13H23NO3S/c1-8-7-13(6,17)11(16)14(9(2)15)10(8)18-12(3,4)5/h7,10-11,16-17H,1-6H3. The van der Waals surface area contributed by atoms with Crippen LogP contribution < -0.4 is 0 Å². The van der Waals surface area contributed by atoms with Gasteiger partial charge in [-0.2, -0.15) is 0 Å². The molecule has 1 heterocycles. The zero-order chi connectivity index (χ0) is 14.3. The van der Waals surface area contributed by atoms with Crippen LogP contribution in [0.1, 0.15) is 41.5 Å². The average molecular weight is 273 g/mol. The number of hydrogen-bond donors (Lipinski definition) is 2. The maximum absolute atomic E-state index is 11.8. The van der Waals surface area contributed by atoms with Crippen molar-refractivity contribution in [3.63, 3.8) is 0 Å². The first-order chi connectivity index (χ1) is 7.96. The van der Waals surface area contributed by atoms with Crippen molar-refractivity contribution in [2.75, 3.05) is 0 Å². The second-order valence-corrected chi connectivity index (χ2v) is 7.90. The minimum atomic E-state index is -1.40. The van der Waals surface area contributed by atoms with Gasteiger partial charge in [-0.25, -0.2) is 0 Å². The Morgan fingerprint density at radius 1 is 1.50 bits per heavy atom. The first-order valence-corrected chi connectivity index (χ1v) is 6.90.